The summed E-state index contributed by atoms with van der Waals surface area (Å²) in [6.07, 6.45) is 2.14. The van der Waals surface area contributed by atoms with E-state index in [0.29, 0.717) is 29.2 Å². The van der Waals surface area contributed by atoms with Gasteiger partial charge in [0.05, 0.1) is 18.3 Å². The lowest BCUT2D eigenvalue weighted by Gasteiger charge is -2.31. The third kappa shape index (κ3) is 4.41. The zero-order valence-electron chi connectivity index (χ0n) is 21.5. The molecule has 2 fully saturated rings. The number of amides is 2. The van der Waals surface area contributed by atoms with Crippen LogP contribution in [0.15, 0.2) is 42.5 Å². The third-order valence-electron chi connectivity index (χ3n) is 8.22. The predicted octanol–water partition coefficient (Wildman–Crippen LogP) is 5.56. The standard InChI is InChI=1S/C28H34ClFN2O4Si/c1-18-26(37(2,3)30)24(12-14-33)36-28(18)22-16-20(29)10-11-23(22)32(27(28)35)17-19-7-6-8-21(15-19)31-13-5-4-9-25(31)34/h6-8,10-11,15-16,18,24,26,33H,4-5,9,12-14,17H2,1-3H3/t18-,24+,26-,28+/m1/s1. The molecule has 37 heavy (non-hydrogen) atoms. The minimum absolute atomic E-state index is 0.117. The first kappa shape index (κ1) is 26.3. The summed E-state index contributed by atoms with van der Waals surface area (Å²) in [5.74, 6) is -0.546. The van der Waals surface area contributed by atoms with Gasteiger partial charge in [-0.05, 0) is 68.3 Å². The topological polar surface area (TPSA) is 70.1 Å². The van der Waals surface area contributed by atoms with Crippen LogP contribution in [0.3, 0.4) is 0 Å². The number of hydrogen-bond donors (Lipinski definition) is 1. The first-order valence-electron chi connectivity index (χ1n) is 13.1. The third-order valence-corrected chi connectivity index (χ3v) is 10.9. The van der Waals surface area contributed by atoms with E-state index in [1.54, 1.807) is 30.1 Å². The van der Waals surface area contributed by atoms with Gasteiger partial charge in [0.25, 0.3) is 5.91 Å². The molecular weight excluding hydrogens is 511 g/mol. The van der Waals surface area contributed by atoms with Gasteiger partial charge in [-0.2, -0.15) is 0 Å². The Morgan fingerprint density at radius 1 is 1.19 bits per heavy atom. The quantitative estimate of drug-likeness (QED) is 0.382. The van der Waals surface area contributed by atoms with Gasteiger partial charge in [0, 0.05) is 47.3 Å². The lowest BCUT2D eigenvalue weighted by Crippen LogP contribution is -2.45. The van der Waals surface area contributed by atoms with Gasteiger partial charge in [0.2, 0.25) is 14.3 Å². The second kappa shape index (κ2) is 9.80. The number of benzene rings is 2. The fraction of sp³-hybridized carbons (Fsp3) is 0.500. The average molecular weight is 545 g/mol. The molecule has 0 unspecified atom stereocenters. The highest BCUT2D eigenvalue weighted by Crippen LogP contribution is 2.60. The maximum Gasteiger partial charge on any atom is 0.264 e. The van der Waals surface area contributed by atoms with E-state index in [1.165, 1.54) is 0 Å². The Labute approximate surface area is 223 Å². The van der Waals surface area contributed by atoms with Gasteiger partial charge in [-0.3, -0.25) is 9.59 Å². The molecule has 3 aliphatic rings. The smallest absolute Gasteiger partial charge is 0.264 e. The van der Waals surface area contributed by atoms with Crippen LogP contribution in [-0.2, 0) is 26.5 Å². The van der Waals surface area contributed by atoms with Crippen LogP contribution in [0, 0.1) is 5.92 Å². The number of halogens is 2. The molecule has 0 radical (unpaired) electrons. The minimum atomic E-state index is -3.25. The molecule has 3 heterocycles. The second-order valence-electron chi connectivity index (χ2n) is 11.0. The largest absolute Gasteiger partial charge is 0.396 e. The summed E-state index contributed by atoms with van der Waals surface area (Å²) in [7, 11) is -3.25. The molecule has 2 saturated heterocycles. The van der Waals surface area contributed by atoms with Gasteiger partial charge in [-0.15, -0.1) is 0 Å². The Morgan fingerprint density at radius 2 is 1.97 bits per heavy atom. The van der Waals surface area contributed by atoms with Crippen LogP contribution < -0.4 is 9.80 Å². The van der Waals surface area contributed by atoms with E-state index in [-0.39, 0.29) is 31.4 Å². The zero-order chi connectivity index (χ0) is 26.5. The fourth-order valence-corrected chi connectivity index (χ4v) is 9.37. The van der Waals surface area contributed by atoms with Crippen molar-refractivity contribution < 1.29 is 23.5 Å². The Balaban J connectivity index is 1.53. The van der Waals surface area contributed by atoms with Crippen molar-refractivity contribution in [3.8, 4) is 0 Å². The molecule has 1 N–H and O–H groups in total. The van der Waals surface area contributed by atoms with E-state index < -0.39 is 31.6 Å². The van der Waals surface area contributed by atoms with Crippen molar-refractivity contribution in [1.82, 2.24) is 0 Å². The monoisotopic (exact) mass is 544 g/mol. The molecule has 2 aromatic rings. The van der Waals surface area contributed by atoms with E-state index in [9.17, 15) is 14.7 Å². The first-order chi connectivity index (χ1) is 17.6. The Bertz CT molecular complexity index is 1220. The van der Waals surface area contributed by atoms with Crippen LogP contribution in [0.2, 0.25) is 23.7 Å². The maximum absolute atomic E-state index is 15.6. The molecule has 1 spiro atoms. The number of anilines is 2. The predicted molar refractivity (Wildman–Crippen MR) is 145 cm³/mol. The summed E-state index contributed by atoms with van der Waals surface area (Å²) in [5.41, 5.74) is 1.26. The fourth-order valence-electron chi connectivity index (χ4n) is 6.66. The Morgan fingerprint density at radius 3 is 2.68 bits per heavy atom. The van der Waals surface area contributed by atoms with Crippen molar-refractivity contribution in [3.63, 3.8) is 0 Å². The van der Waals surface area contributed by atoms with Gasteiger partial charge < -0.3 is 23.8 Å². The van der Waals surface area contributed by atoms with E-state index in [1.807, 2.05) is 42.2 Å². The summed E-state index contributed by atoms with van der Waals surface area (Å²) in [4.78, 5) is 30.3. The number of ether oxygens (including phenoxy) is 1. The Hall–Kier alpha value is -2.26. The molecule has 3 aliphatic heterocycles. The van der Waals surface area contributed by atoms with Crippen molar-refractivity contribution in [2.75, 3.05) is 23.0 Å². The zero-order valence-corrected chi connectivity index (χ0v) is 23.3. The molecule has 5 rings (SSSR count). The highest BCUT2D eigenvalue weighted by atomic mass is 35.5. The molecule has 0 saturated carbocycles. The van der Waals surface area contributed by atoms with Crippen molar-refractivity contribution >= 4 is 43.2 Å². The summed E-state index contributed by atoms with van der Waals surface area (Å²) in [5, 5.41) is 10.2. The summed E-state index contributed by atoms with van der Waals surface area (Å²) in [6, 6.07) is 13.1. The molecule has 0 aliphatic carbocycles. The molecular formula is C28H34ClFN2O4Si. The number of carbonyl (C=O) groups is 2. The maximum atomic E-state index is 15.6. The van der Waals surface area contributed by atoms with Gasteiger partial charge in [-0.1, -0.05) is 30.7 Å². The lowest BCUT2D eigenvalue weighted by atomic mass is 9.82. The molecule has 6 nitrogen and oxygen atoms in total. The Kier molecular flexibility index (Phi) is 6.98. The SMILES string of the molecule is C[C@@H]1[C@@H]([Si](C)(C)F)[C@H](CCO)O[C@@]12C(=O)N(Cc1cccc(N3CCCCC3=O)c1)c1ccc(Cl)cc12. The summed E-state index contributed by atoms with van der Waals surface area (Å²) < 4.78 is 22.2. The van der Waals surface area contributed by atoms with Crippen molar-refractivity contribution in [2.24, 2.45) is 5.92 Å². The van der Waals surface area contributed by atoms with Gasteiger partial charge >= 0.3 is 0 Å². The average Bonchev–Trinajstić information content (AvgIpc) is 3.26. The number of hydrogen-bond acceptors (Lipinski definition) is 4. The molecule has 2 amide bonds. The van der Waals surface area contributed by atoms with Crippen molar-refractivity contribution in [3.05, 3.63) is 58.6 Å². The summed E-state index contributed by atoms with van der Waals surface area (Å²) >= 11 is 6.40. The highest BCUT2D eigenvalue weighted by Gasteiger charge is 2.66. The first-order valence-corrected chi connectivity index (χ1v) is 16.4. The minimum Gasteiger partial charge on any atom is -0.396 e. The molecule has 198 valence electrons. The normalized spacial score (nSPS) is 27.9. The number of aliphatic hydroxyl groups excluding tert-OH is 1. The molecule has 4 atom stereocenters. The van der Waals surface area contributed by atoms with Gasteiger partial charge in [-0.25, -0.2) is 0 Å². The van der Waals surface area contributed by atoms with Crippen LogP contribution in [-0.4, -0.2) is 44.6 Å². The molecule has 2 aromatic carbocycles. The number of fused-ring (bicyclic) bond motifs is 2. The lowest BCUT2D eigenvalue weighted by molar-refractivity contribution is -0.146. The molecule has 0 bridgehead atoms. The van der Waals surface area contributed by atoms with E-state index in [2.05, 4.69) is 0 Å². The van der Waals surface area contributed by atoms with Gasteiger partial charge in [0.15, 0.2) is 5.60 Å². The number of carbonyl (C=O) groups excluding carboxylic acids is 2. The van der Waals surface area contributed by atoms with Gasteiger partial charge in [0.1, 0.15) is 0 Å². The number of nitrogens with zero attached hydrogens (tertiary/aromatic N) is 2. The van der Waals surface area contributed by atoms with E-state index in [4.69, 9.17) is 16.3 Å². The van der Waals surface area contributed by atoms with E-state index >= 15 is 4.11 Å². The second-order valence-corrected chi connectivity index (χ2v) is 15.2. The number of aliphatic hydroxyl groups is 1. The van der Waals surface area contributed by atoms with Crippen molar-refractivity contribution in [1.29, 1.82) is 0 Å². The molecule has 9 heteroatoms. The van der Waals surface area contributed by atoms with Crippen LogP contribution in [0.5, 0.6) is 0 Å². The van der Waals surface area contributed by atoms with Crippen LogP contribution in [0.25, 0.3) is 0 Å². The van der Waals surface area contributed by atoms with E-state index in [0.717, 1.165) is 24.1 Å². The van der Waals surface area contributed by atoms with Crippen LogP contribution in [0.4, 0.5) is 15.5 Å². The highest BCUT2D eigenvalue weighted by molar-refractivity contribution is 6.72. The summed E-state index contributed by atoms with van der Waals surface area (Å²) in [6.45, 7) is 6.01. The van der Waals surface area contributed by atoms with Crippen LogP contribution >= 0.6 is 11.6 Å². The number of piperidine rings is 1. The molecule has 0 aromatic heterocycles. The van der Waals surface area contributed by atoms with Crippen molar-refractivity contribution in [2.45, 2.75) is 69.5 Å². The van der Waals surface area contributed by atoms with Crippen LogP contribution in [0.1, 0.15) is 43.7 Å². The number of rotatable bonds is 6.